The number of ketones is 1. The summed E-state index contributed by atoms with van der Waals surface area (Å²) in [6.07, 6.45) is -0.329. The monoisotopic (exact) mass is 268 g/mol. The molecule has 1 unspecified atom stereocenters. The van der Waals surface area contributed by atoms with Crippen LogP contribution in [0.1, 0.15) is 31.1 Å². The highest BCUT2D eigenvalue weighted by molar-refractivity contribution is 7.99. The maximum Gasteiger partial charge on any atom is 0.159 e. The molecule has 0 aliphatic carbocycles. The van der Waals surface area contributed by atoms with Crippen molar-refractivity contribution in [2.45, 2.75) is 37.9 Å². The summed E-state index contributed by atoms with van der Waals surface area (Å²) < 4.78 is 5.33. The Morgan fingerprint density at radius 2 is 1.94 bits per heavy atom. The zero-order valence-corrected chi connectivity index (χ0v) is 11.9. The van der Waals surface area contributed by atoms with Crippen LogP contribution < -0.4 is 0 Å². The second kappa shape index (κ2) is 7.56. The molecule has 1 rings (SSSR count). The number of ether oxygens (including phenoxy) is 1. The molecular weight excluding hydrogens is 248 g/mol. The zero-order valence-electron chi connectivity index (χ0n) is 11.1. The molecule has 0 heterocycles. The van der Waals surface area contributed by atoms with Crippen LogP contribution in [0.25, 0.3) is 0 Å². The Morgan fingerprint density at radius 3 is 2.44 bits per heavy atom. The maximum atomic E-state index is 11.1. The molecule has 0 fully saturated rings. The number of carbonyl (C=O) groups excluding carboxylic acids is 1. The smallest absolute Gasteiger partial charge is 0.159 e. The van der Waals surface area contributed by atoms with Crippen LogP contribution in [-0.2, 0) is 4.74 Å². The van der Waals surface area contributed by atoms with E-state index in [1.54, 1.807) is 18.7 Å². The number of aliphatic hydroxyl groups is 1. The Kier molecular flexibility index (Phi) is 6.39. The first-order chi connectivity index (χ1) is 8.49. The molecule has 0 aliphatic rings. The lowest BCUT2D eigenvalue weighted by Gasteiger charge is -2.13. The van der Waals surface area contributed by atoms with Crippen LogP contribution in [0.2, 0.25) is 0 Å². The van der Waals surface area contributed by atoms with E-state index in [9.17, 15) is 9.90 Å². The lowest BCUT2D eigenvalue weighted by atomic mass is 10.2. The number of carbonyl (C=O) groups is 1. The molecule has 0 bridgehead atoms. The number of Topliss-reactive ketones (excluding diaryl/α,β-unsaturated/α-hetero) is 1. The summed E-state index contributed by atoms with van der Waals surface area (Å²) in [4.78, 5) is 12.2. The van der Waals surface area contributed by atoms with Gasteiger partial charge in [-0.1, -0.05) is 12.1 Å². The molecule has 100 valence electrons. The summed E-state index contributed by atoms with van der Waals surface area (Å²) in [6.45, 7) is 5.80. The van der Waals surface area contributed by atoms with Gasteiger partial charge < -0.3 is 9.84 Å². The van der Waals surface area contributed by atoms with Crippen LogP contribution in [-0.4, -0.2) is 35.5 Å². The van der Waals surface area contributed by atoms with Crippen molar-refractivity contribution in [1.29, 1.82) is 0 Å². The Labute approximate surface area is 113 Å². The average molecular weight is 268 g/mol. The molecule has 0 radical (unpaired) electrons. The third-order valence-electron chi connectivity index (χ3n) is 2.33. The van der Waals surface area contributed by atoms with Crippen molar-refractivity contribution in [1.82, 2.24) is 0 Å². The summed E-state index contributed by atoms with van der Waals surface area (Å²) in [5.74, 6) is 0.656. The van der Waals surface area contributed by atoms with Crippen LogP contribution in [0.15, 0.2) is 29.2 Å². The molecule has 0 aromatic heterocycles. The fourth-order valence-electron chi connectivity index (χ4n) is 1.33. The third kappa shape index (κ3) is 5.67. The van der Waals surface area contributed by atoms with Gasteiger partial charge in [0.15, 0.2) is 5.78 Å². The van der Waals surface area contributed by atoms with E-state index in [0.29, 0.717) is 17.9 Å². The molecule has 0 saturated carbocycles. The number of aliphatic hydroxyl groups excluding tert-OH is 1. The predicted molar refractivity (Wildman–Crippen MR) is 74.3 cm³/mol. The minimum atomic E-state index is -0.468. The second-order valence-corrected chi connectivity index (χ2v) is 5.52. The zero-order chi connectivity index (χ0) is 13.5. The molecule has 0 aliphatic heterocycles. The Morgan fingerprint density at radius 1 is 1.33 bits per heavy atom. The van der Waals surface area contributed by atoms with Crippen LogP contribution in [0.3, 0.4) is 0 Å². The molecule has 1 aromatic carbocycles. The first-order valence-electron chi connectivity index (χ1n) is 6.02. The fourth-order valence-corrected chi connectivity index (χ4v) is 2.14. The summed E-state index contributed by atoms with van der Waals surface area (Å²) in [7, 11) is 0. The van der Waals surface area contributed by atoms with Crippen molar-refractivity contribution in [3.63, 3.8) is 0 Å². The van der Waals surface area contributed by atoms with E-state index in [2.05, 4.69) is 0 Å². The third-order valence-corrected chi connectivity index (χ3v) is 3.48. The van der Waals surface area contributed by atoms with E-state index in [1.165, 1.54) is 0 Å². The highest BCUT2D eigenvalue weighted by Crippen LogP contribution is 2.19. The minimum Gasteiger partial charge on any atom is -0.390 e. The normalized spacial score (nSPS) is 12.7. The summed E-state index contributed by atoms with van der Waals surface area (Å²) in [5.41, 5.74) is 0.711. The van der Waals surface area contributed by atoms with E-state index in [0.717, 1.165) is 4.90 Å². The van der Waals surface area contributed by atoms with Gasteiger partial charge >= 0.3 is 0 Å². The molecular formula is C14H20O3S. The Balaban J connectivity index is 2.36. The molecule has 3 nitrogen and oxygen atoms in total. The predicted octanol–water partition coefficient (Wildman–Crippen LogP) is 2.77. The molecule has 1 atom stereocenters. The molecule has 1 aromatic rings. The number of benzene rings is 1. The first-order valence-corrected chi connectivity index (χ1v) is 7.01. The molecule has 1 N–H and O–H groups in total. The molecule has 0 amide bonds. The lowest BCUT2D eigenvalue weighted by molar-refractivity contribution is 0.0152. The van der Waals surface area contributed by atoms with Gasteiger partial charge in [0.05, 0.1) is 18.8 Å². The lowest BCUT2D eigenvalue weighted by Crippen LogP contribution is -2.20. The van der Waals surface area contributed by atoms with Crippen LogP contribution in [0, 0.1) is 0 Å². The van der Waals surface area contributed by atoms with Crippen molar-refractivity contribution < 1.29 is 14.6 Å². The summed E-state index contributed by atoms with van der Waals surface area (Å²) in [6, 6.07) is 7.41. The SMILES string of the molecule is CC(=O)c1ccc(SCC(O)COC(C)C)cc1. The van der Waals surface area contributed by atoms with Gasteiger partial charge in [0.25, 0.3) is 0 Å². The Bertz CT molecular complexity index is 373. The van der Waals surface area contributed by atoms with Crippen molar-refractivity contribution in [2.75, 3.05) is 12.4 Å². The standard InChI is InChI=1S/C14H20O3S/c1-10(2)17-8-13(16)9-18-14-6-4-12(5-7-14)11(3)15/h4-7,10,13,16H,8-9H2,1-3H3. The van der Waals surface area contributed by atoms with E-state index < -0.39 is 6.10 Å². The maximum absolute atomic E-state index is 11.1. The van der Waals surface area contributed by atoms with Crippen molar-refractivity contribution in [3.05, 3.63) is 29.8 Å². The average Bonchev–Trinajstić information content (AvgIpc) is 2.34. The molecule has 4 heteroatoms. The number of hydrogen-bond donors (Lipinski definition) is 1. The Hall–Kier alpha value is -0.840. The van der Waals surface area contributed by atoms with Gasteiger partial charge in [-0.3, -0.25) is 4.79 Å². The highest BCUT2D eigenvalue weighted by Gasteiger charge is 2.07. The van der Waals surface area contributed by atoms with Crippen molar-refractivity contribution in [2.24, 2.45) is 0 Å². The van der Waals surface area contributed by atoms with E-state index in [1.807, 2.05) is 38.1 Å². The molecule has 0 saturated heterocycles. The molecule has 18 heavy (non-hydrogen) atoms. The number of thioether (sulfide) groups is 1. The second-order valence-electron chi connectivity index (χ2n) is 4.43. The van der Waals surface area contributed by atoms with Crippen molar-refractivity contribution in [3.8, 4) is 0 Å². The van der Waals surface area contributed by atoms with Crippen LogP contribution in [0.5, 0.6) is 0 Å². The molecule has 0 spiro atoms. The fraction of sp³-hybridized carbons (Fsp3) is 0.500. The van der Waals surface area contributed by atoms with Gasteiger partial charge in [-0.15, -0.1) is 11.8 Å². The first kappa shape index (κ1) is 15.2. The van der Waals surface area contributed by atoms with Crippen LogP contribution in [0.4, 0.5) is 0 Å². The highest BCUT2D eigenvalue weighted by atomic mass is 32.2. The van der Waals surface area contributed by atoms with Gasteiger partial charge in [-0.2, -0.15) is 0 Å². The van der Waals surface area contributed by atoms with E-state index in [-0.39, 0.29) is 11.9 Å². The largest absolute Gasteiger partial charge is 0.390 e. The van der Waals surface area contributed by atoms with Gasteiger partial charge in [0.1, 0.15) is 0 Å². The topological polar surface area (TPSA) is 46.5 Å². The van der Waals surface area contributed by atoms with E-state index in [4.69, 9.17) is 4.74 Å². The van der Waals surface area contributed by atoms with Gasteiger partial charge in [-0.25, -0.2) is 0 Å². The number of rotatable bonds is 7. The number of hydrogen-bond acceptors (Lipinski definition) is 4. The van der Waals surface area contributed by atoms with E-state index >= 15 is 0 Å². The minimum absolute atomic E-state index is 0.0666. The van der Waals surface area contributed by atoms with Gasteiger partial charge in [-0.05, 0) is 32.9 Å². The summed E-state index contributed by atoms with van der Waals surface area (Å²) in [5, 5.41) is 9.70. The quantitative estimate of drug-likeness (QED) is 0.610. The van der Waals surface area contributed by atoms with Gasteiger partial charge in [0, 0.05) is 16.2 Å². The van der Waals surface area contributed by atoms with Gasteiger partial charge in [0.2, 0.25) is 0 Å². The summed E-state index contributed by atoms with van der Waals surface area (Å²) >= 11 is 1.56. The van der Waals surface area contributed by atoms with Crippen molar-refractivity contribution >= 4 is 17.5 Å². The van der Waals surface area contributed by atoms with Crippen LogP contribution >= 0.6 is 11.8 Å².